The van der Waals surface area contributed by atoms with Gasteiger partial charge in [-0.15, -0.1) is 0 Å². The third-order valence-corrected chi connectivity index (χ3v) is 2.85. The molecule has 7 nitrogen and oxygen atoms in total. The van der Waals surface area contributed by atoms with Crippen LogP contribution in [0.15, 0.2) is 36.5 Å². The number of hydrogen-bond donors (Lipinski definition) is 2. The van der Waals surface area contributed by atoms with E-state index in [0.717, 1.165) is 6.42 Å². The standard InChI is InChI=1S/C15H18N4O3/c1-3-11-4-6-12(7-5-11)22-10-13(20)18-19-15-16-9-8-14(17-15)21-2/h4-9H,3,10H2,1-2H3,(H,18,20)(H,16,17,19). The first-order valence-corrected chi connectivity index (χ1v) is 6.85. The van der Waals surface area contributed by atoms with Crippen LogP contribution in [0, 0.1) is 0 Å². The molecule has 22 heavy (non-hydrogen) atoms. The highest BCUT2D eigenvalue weighted by Gasteiger charge is 2.04. The Balaban J connectivity index is 1.77. The summed E-state index contributed by atoms with van der Waals surface area (Å²) in [5, 5.41) is 0. The van der Waals surface area contributed by atoms with Crippen LogP contribution in [0.4, 0.5) is 5.95 Å². The Kier molecular flexibility index (Phi) is 5.53. The van der Waals surface area contributed by atoms with Crippen LogP contribution in [0.1, 0.15) is 12.5 Å². The minimum atomic E-state index is -0.342. The monoisotopic (exact) mass is 302 g/mol. The molecule has 0 aliphatic heterocycles. The number of aromatic nitrogens is 2. The molecule has 116 valence electrons. The van der Waals surface area contributed by atoms with Gasteiger partial charge in [0.1, 0.15) is 5.75 Å². The molecule has 1 aromatic carbocycles. The van der Waals surface area contributed by atoms with Gasteiger partial charge in [-0.1, -0.05) is 19.1 Å². The number of aryl methyl sites for hydroxylation is 1. The van der Waals surface area contributed by atoms with Crippen LogP contribution in [0.2, 0.25) is 0 Å². The van der Waals surface area contributed by atoms with Crippen LogP contribution < -0.4 is 20.3 Å². The Morgan fingerprint density at radius 2 is 2.00 bits per heavy atom. The number of anilines is 1. The molecule has 0 aliphatic rings. The Morgan fingerprint density at radius 3 is 2.68 bits per heavy atom. The van der Waals surface area contributed by atoms with Crippen molar-refractivity contribution < 1.29 is 14.3 Å². The maximum Gasteiger partial charge on any atom is 0.276 e. The maximum absolute atomic E-state index is 11.7. The summed E-state index contributed by atoms with van der Waals surface area (Å²) in [6.45, 7) is 1.97. The van der Waals surface area contributed by atoms with Crippen molar-refractivity contribution in [1.82, 2.24) is 15.4 Å². The summed E-state index contributed by atoms with van der Waals surface area (Å²) < 4.78 is 10.3. The Bertz CT molecular complexity index is 616. The number of rotatable bonds is 7. The molecule has 0 spiro atoms. The fraction of sp³-hybridized carbons (Fsp3) is 0.267. The summed E-state index contributed by atoms with van der Waals surface area (Å²) in [7, 11) is 1.50. The molecule has 0 fully saturated rings. The first-order valence-electron chi connectivity index (χ1n) is 6.85. The van der Waals surface area contributed by atoms with Crippen molar-refractivity contribution in [2.24, 2.45) is 0 Å². The van der Waals surface area contributed by atoms with Gasteiger partial charge in [-0.3, -0.25) is 15.6 Å². The number of carbonyl (C=O) groups is 1. The topological polar surface area (TPSA) is 85.4 Å². The van der Waals surface area contributed by atoms with Crippen LogP contribution in [0.5, 0.6) is 11.6 Å². The molecule has 0 atom stereocenters. The average Bonchev–Trinajstić information content (AvgIpc) is 2.58. The summed E-state index contributed by atoms with van der Waals surface area (Å²) >= 11 is 0. The van der Waals surface area contributed by atoms with Gasteiger partial charge in [0.15, 0.2) is 6.61 Å². The molecule has 0 radical (unpaired) electrons. The zero-order valence-corrected chi connectivity index (χ0v) is 12.5. The lowest BCUT2D eigenvalue weighted by Crippen LogP contribution is -2.34. The van der Waals surface area contributed by atoms with Crippen LogP contribution in [0.25, 0.3) is 0 Å². The smallest absolute Gasteiger partial charge is 0.276 e. The lowest BCUT2D eigenvalue weighted by Gasteiger charge is -2.09. The fourth-order valence-electron chi connectivity index (χ4n) is 1.65. The molecule has 1 aromatic heterocycles. The van der Waals surface area contributed by atoms with Gasteiger partial charge in [-0.25, -0.2) is 4.98 Å². The molecule has 2 rings (SSSR count). The van der Waals surface area contributed by atoms with Crippen LogP contribution in [0.3, 0.4) is 0 Å². The van der Waals surface area contributed by atoms with E-state index in [4.69, 9.17) is 9.47 Å². The molecule has 1 heterocycles. The van der Waals surface area contributed by atoms with Gasteiger partial charge in [-0.05, 0) is 24.1 Å². The maximum atomic E-state index is 11.7. The molecule has 1 amide bonds. The van der Waals surface area contributed by atoms with Gasteiger partial charge in [0.2, 0.25) is 11.8 Å². The van der Waals surface area contributed by atoms with Gasteiger partial charge in [0, 0.05) is 12.3 Å². The van der Waals surface area contributed by atoms with E-state index >= 15 is 0 Å². The molecule has 2 aromatic rings. The summed E-state index contributed by atoms with van der Waals surface area (Å²) in [4.78, 5) is 19.6. The normalized spacial score (nSPS) is 9.91. The first-order chi connectivity index (χ1) is 10.7. The number of ether oxygens (including phenoxy) is 2. The predicted molar refractivity (Wildman–Crippen MR) is 81.7 cm³/mol. The van der Waals surface area contributed by atoms with Crippen LogP contribution in [-0.2, 0) is 11.2 Å². The van der Waals surface area contributed by atoms with E-state index in [2.05, 4.69) is 27.7 Å². The third-order valence-electron chi connectivity index (χ3n) is 2.85. The van der Waals surface area contributed by atoms with Gasteiger partial charge < -0.3 is 9.47 Å². The number of hydrogen-bond acceptors (Lipinski definition) is 6. The highest BCUT2D eigenvalue weighted by molar-refractivity contribution is 5.78. The van der Waals surface area contributed by atoms with Crippen molar-refractivity contribution in [1.29, 1.82) is 0 Å². The number of amides is 1. The Hall–Kier alpha value is -2.83. The van der Waals surface area contributed by atoms with Crippen molar-refractivity contribution in [2.75, 3.05) is 19.1 Å². The summed E-state index contributed by atoms with van der Waals surface area (Å²) in [5.74, 6) is 0.940. The minimum Gasteiger partial charge on any atom is -0.484 e. The summed E-state index contributed by atoms with van der Waals surface area (Å²) in [6, 6.07) is 9.22. The largest absolute Gasteiger partial charge is 0.484 e. The number of carbonyl (C=O) groups excluding carboxylic acids is 1. The molecular weight excluding hydrogens is 284 g/mol. The minimum absolute atomic E-state index is 0.109. The van der Waals surface area contributed by atoms with Crippen molar-refractivity contribution in [3.63, 3.8) is 0 Å². The number of nitrogens with one attached hydrogen (secondary N) is 2. The molecule has 0 unspecified atom stereocenters. The zero-order valence-electron chi connectivity index (χ0n) is 12.5. The second-order valence-electron chi connectivity index (χ2n) is 4.38. The van der Waals surface area contributed by atoms with E-state index in [1.54, 1.807) is 6.07 Å². The van der Waals surface area contributed by atoms with Gasteiger partial charge in [-0.2, -0.15) is 4.98 Å². The SMILES string of the molecule is CCc1ccc(OCC(=O)NNc2nccc(OC)n2)cc1. The zero-order chi connectivity index (χ0) is 15.8. The number of methoxy groups -OCH3 is 1. The van der Waals surface area contributed by atoms with E-state index in [-0.39, 0.29) is 18.5 Å². The molecule has 7 heteroatoms. The molecular formula is C15H18N4O3. The van der Waals surface area contributed by atoms with Gasteiger partial charge in [0.05, 0.1) is 7.11 Å². The second-order valence-corrected chi connectivity index (χ2v) is 4.38. The second kappa shape index (κ2) is 7.82. The van der Waals surface area contributed by atoms with Crippen molar-refractivity contribution in [3.05, 3.63) is 42.1 Å². The average molecular weight is 302 g/mol. The lowest BCUT2D eigenvalue weighted by atomic mass is 10.2. The van der Waals surface area contributed by atoms with Gasteiger partial charge >= 0.3 is 0 Å². The number of nitrogens with zero attached hydrogens (tertiary/aromatic N) is 2. The van der Waals surface area contributed by atoms with Crippen molar-refractivity contribution in [3.8, 4) is 11.6 Å². The van der Waals surface area contributed by atoms with Crippen LogP contribution in [-0.4, -0.2) is 29.6 Å². The molecule has 2 N–H and O–H groups in total. The number of benzene rings is 1. The number of hydrazine groups is 1. The van der Waals surface area contributed by atoms with E-state index in [9.17, 15) is 4.79 Å². The Morgan fingerprint density at radius 1 is 1.23 bits per heavy atom. The van der Waals surface area contributed by atoms with E-state index in [0.29, 0.717) is 11.6 Å². The van der Waals surface area contributed by atoms with Crippen molar-refractivity contribution in [2.45, 2.75) is 13.3 Å². The van der Waals surface area contributed by atoms with E-state index in [1.165, 1.54) is 18.9 Å². The molecule has 0 aliphatic carbocycles. The fourth-order valence-corrected chi connectivity index (χ4v) is 1.65. The molecule has 0 saturated carbocycles. The van der Waals surface area contributed by atoms with E-state index in [1.807, 2.05) is 24.3 Å². The predicted octanol–water partition coefficient (Wildman–Crippen LogP) is 1.57. The van der Waals surface area contributed by atoms with Crippen molar-refractivity contribution >= 4 is 11.9 Å². The summed E-state index contributed by atoms with van der Waals surface area (Å²) in [5.41, 5.74) is 6.26. The molecule has 0 bridgehead atoms. The highest BCUT2D eigenvalue weighted by atomic mass is 16.5. The first kappa shape index (κ1) is 15.6. The van der Waals surface area contributed by atoms with Gasteiger partial charge in [0.25, 0.3) is 5.91 Å². The third kappa shape index (κ3) is 4.62. The highest BCUT2D eigenvalue weighted by Crippen LogP contribution is 2.12. The van der Waals surface area contributed by atoms with E-state index < -0.39 is 0 Å². The quantitative estimate of drug-likeness (QED) is 0.755. The summed E-state index contributed by atoms with van der Waals surface area (Å²) in [6.07, 6.45) is 2.48. The lowest BCUT2D eigenvalue weighted by molar-refractivity contribution is -0.122. The van der Waals surface area contributed by atoms with Crippen LogP contribution >= 0.6 is 0 Å². The molecule has 0 saturated heterocycles. The Labute approximate surface area is 128 Å².